The highest BCUT2D eigenvalue weighted by molar-refractivity contribution is 6.31. The Morgan fingerprint density at radius 1 is 1.23 bits per heavy atom. The van der Waals surface area contributed by atoms with Gasteiger partial charge in [0.15, 0.2) is 6.61 Å². The first-order valence-corrected chi connectivity index (χ1v) is 8.17. The van der Waals surface area contributed by atoms with Gasteiger partial charge in [-0.2, -0.15) is 5.10 Å². The van der Waals surface area contributed by atoms with E-state index in [1.807, 2.05) is 23.5 Å². The maximum atomic E-state index is 12.3. The molecular weight excluding hydrogens is 360 g/mol. The summed E-state index contributed by atoms with van der Waals surface area (Å²) in [5.74, 6) is -1.41. The maximum Gasteiger partial charge on any atom is 0.342 e. The van der Waals surface area contributed by atoms with Crippen molar-refractivity contribution in [3.8, 4) is 0 Å². The first-order chi connectivity index (χ1) is 12.3. The van der Waals surface area contributed by atoms with Crippen molar-refractivity contribution in [3.63, 3.8) is 0 Å². The van der Waals surface area contributed by atoms with Crippen LogP contribution < -0.4 is 10.6 Å². The average molecular weight is 379 g/mol. The number of rotatable bonds is 5. The molecule has 1 heterocycles. The van der Waals surface area contributed by atoms with Gasteiger partial charge in [-0.25, -0.2) is 9.59 Å². The van der Waals surface area contributed by atoms with Crippen molar-refractivity contribution in [2.75, 3.05) is 13.7 Å². The highest BCUT2D eigenvalue weighted by Gasteiger charge is 2.21. The van der Waals surface area contributed by atoms with Gasteiger partial charge in [-0.3, -0.25) is 14.8 Å². The summed E-state index contributed by atoms with van der Waals surface area (Å²) >= 11 is 6.16. The number of ether oxygens (including phenoxy) is 1. The fraction of sp³-hybridized carbons (Fsp3) is 0.294. The molecule has 0 saturated carbocycles. The number of carbonyl (C=O) groups excluding carboxylic acids is 3. The fourth-order valence-electron chi connectivity index (χ4n) is 2.36. The Bertz CT molecular complexity index is 847. The molecular formula is C17H19ClN4O4. The SMILES string of the molecule is CNC(=O)NC(=O)COC(=O)c1c(C)nn(Cc2ccccc2Cl)c1C. The number of benzene rings is 1. The van der Waals surface area contributed by atoms with Gasteiger partial charge in [0.1, 0.15) is 5.56 Å². The molecule has 26 heavy (non-hydrogen) atoms. The summed E-state index contributed by atoms with van der Waals surface area (Å²) in [5, 5.41) is 9.19. The van der Waals surface area contributed by atoms with Crippen LogP contribution in [0.15, 0.2) is 24.3 Å². The van der Waals surface area contributed by atoms with Gasteiger partial charge < -0.3 is 10.1 Å². The molecule has 2 N–H and O–H groups in total. The van der Waals surface area contributed by atoms with Crippen molar-refractivity contribution in [2.45, 2.75) is 20.4 Å². The summed E-state index contributed by atoms with van der Waals surface area (Å²) in [7, 11) is 1.37. The van der Waals surface area contributed by atoms with Gasteiger partial charge in [0.25, 0.3) is 5.91 Å². The number of imide groups is 1. The van der Waals surface area contributed by atoms with Crippen LogP contribution >= 0.6 is 11.6 Å². The monoisotopic (exact) mass is 378 g/mol. The van der Waals surface area contributed by atoms with Crippen LogP contribution in [0.3, 0.4) is 0 Å². The minimum Gasteiger partial charge on any atom is -0.452 e. The molecule has 0 aliphatic heterocycles. The van der Waals surface area contributed by atoms with Gasteiger partial charge in [0, 0.05) is 12.1 Å². The third-order valence-corrected chi connectivity index (χ3v) is 4.05. The second-order valence-corrected chi connectivity index (χ2v) is 5.91. The molecule has 0 aliphatic rings. The Hall–Kier alpha value is -2.87. The molecule has 9 heteroatoms. The van der Waals surface area contributed by atoms with E-state index >= 15 is 0 Å². The molecule has 0 saturated heterocycles. The molecule has 0 radical (unpaired) electrons. The van der Waals surface area contributed by atoms with E-state index in [1.165, 1.54) is 7.05 Å². The molecule has 2 rings (SSSR count). The van der Waals surface area contributed by atoms with Crippen molar-refractivity contribution in [1.29, 1.82) is 0 Å². The standard InChI is InChI=1S/C17H19ClN4O4/c1-10-15(16(24)26-9-14(23)20-17(25)19-3)11(2)22(21-10)8-12-6-4-5-7-13(12)18/h4-7H,8-9H2,1-3H3,(H2,19,20,23,25). The summed E-state index contributed by atoms with van der Waals surface area (Å²) in [6.07, 6.45) is 0. The molecule has 0 atom stereocenters. The summed E-state index contributed by atoms with van der Waals surface area (Å²) in [5.41, 5.74) is 2.22. The number of hydrogen-bond acceptors (Lipinski definition) is 5. The number of amides is 3. The second kappa shape index (κ2) is 8.48. The van der Waals surface area contributed by atoms with Crippen molar-refractivity contribution >= 4 is 29.5 Å². The van der Waals surface area contributed by atoms with Gasteiger partial charge >= 0.3 is 12.0 Å². The van der Waals surface area contributed by atoms with E-state index in [2.05, 4.69) is 10.4 Å². The largest absolute Gasteiger partial charge is 0.452 e. The molecule has 0 unspecified atom stereocenters. The molecule has 0 fully saturated rings. The minimum absolute atomic E-state index is 0.282. The van der Waals surface area contributed by atoms with Gasteiger partial charge in [0.2, 0.25) is 0 Å². The van der Waals surface area contributed by atoms with Crippen LogP contribution in [-0.2, 0) is 16.1 Å². The van der Waals surface area contributed by atoms with Crippen LogP contribution in [0.2, 0.25) is 5.02 Å². The third-order valence-electron chi connectivity index (χ3n) is 3.68. The number of carbonyl (C=O) groups is 3. The lowest BCUT2D eigenvalue weighted by Gasteiger charge is -2.08. The van der Waals surface area contributed by atoms with Crippen LogP contribution in [0.25, 0.3) is 0 Å². The first-order valence-electron chi connectivity index (χ1n) is 7.79. The Kier molecular flexibility index (Phi) is 6.35. The van der Waals surface area contributed by atoms with Crippen molar-refractivity contribution < 1.29 is 19.1 Å². The number of urea groups is 1. The summed E-state index contributed by atoms with van der Waals surface area (Å²) in [6.45, 7) is 3.24. The molecule has 0 aliphatic carbocycles. The highest BCUT2D eigenvalue weighted by atomic mass is 35.5. The van der Waals surface area contributed by atoms with Crippen molar-refractivity contribution in [3.05, 3.63) is 51.8 Å². The number of nitrogens with one attached hydrogen (secondary N) is 2. The summed E-state index contributed by atoms with van der Waals surface area (Å²) in [6, 6.07) is 6.68. The average Bonchev–Trinajstić information content (AvgIpc) is 2.88. The molecule has 138 valence electrons. The molecule has 1 aromatic heterocycles. The smallest absolute Gasteiger partial charge is 0.342 e. The van der Waals surface area contributed by atoms with Gasteiger partial charge in [0.05, 0.1) is 17.9 Å². The Morgan fingerprint density at radius 2 is 1.92 bits per heavy atom. The lowest BCUT2D eigenvalue weighted by atomic mass is 10.2. The molecule has 0 spiro atoms. The Morgan fingerprint density at radius 3 is 2.58 bits per heavy atom. The number of hydrogen-bond donors (Lipinski definition) is 2. The molecule has 2 aromatic rings. The third kappa shape index (κ3) is 4.60. The fourth-order valence-corrected chi connectivity index (χ4v) is 2.56. The maximum absolute atomic E-state index is 12.3. The van der Waals surface area contributed by atoms with Gasteiger partial charge in [-0.15, -0.1) is 0 Å². The lowest BCUT2D eigenvalue weighted by Crippen LogP contribution is -2.39. The number of aromatic nitrogens is 2. The van der Waals surface area contributed by atoms with Crippen LogP contribution in [-0.4, -0.2) is 41.3 Å². The molecule has 0 bridgehead atoms. The molecule has 3 amide bonds. The van der Waals surface area contributed by atoms with Crippen LogP contribution in [0, 0.1) is 13.8 Å². The van der Waals surface area contributed by atoms with E-state index in [4.69, 9.17) is 16.3 Å². The number of esters is 1. The molecule has 8 nitrogen and oxygen atoms in total. The number of halogens is 1. The molecule has 1 aromatic carbocycles. The lowest BCUT2D eigenvalue weighted by molar-refractivity contribution is -0.123. The van der Waals surface area contributed by atoms with Gasteiger partial charge in [-0.05, 0) is 25.5 Å². The van der Waals surface area contributed by atoms with Crippen LogP contribution in [0.4, 0.5) is 4.79 Å². The zero-order chi connectivity index (χ0) is 19.3. The van der Waals surface area contributed by atoms with E-state index in [1.54, 1.807) is 24.6 Å². The topological polar surface area (TPSA) is 102 Å². The van der Waals surface area contributed by atoms with E-state index in [0.29, 0.717) is 23.0 Å². The Balaban J connectivity index is 2.09. The number of nitrogens with zero attached hydrogens (tertiary/aromatic N) is 2. The van der Waals surface area contributed by atoms with E-state index in [-0.39, 0.29) is 5.56 Å². The summed E-state index contributed by atoms with van der Waals surface area (Å²) < 4.78 is 6.62. The van der Waals surface area contributed by atoms with Crippen molar-refractivity contribution in [2.24, 2.45) is 0 Å². The van der Waals surface area contributed by atoms with Crippen LogP contribution in [0.1, 0.15) is 27.3 Å². The van der Waals surface area contributed by atoms with E-state index in [0.717, 1.165) is 5.56 Å². The predicted molar refractivity (Wildman–Crippen MR) is 95.1 cm³/mol. The van der Waals surface area contributed by atoms with E-state index < -0.39 is 24.5 Å². The highest BCUT2D eigenvalue weighted by Crippen LogP contribution is 2.20. The zero-order valence-electron chi connectivity index (χ0n) is 14.6. The predicted octanol–water partition coefficient (Wildman–Crippen LogP) is 1.81. The minimum atomic E-state index is -0.725. The zero-order valence-corrected chi connectivity index (χ0v) is 15.4. The normalized spacial score (nSPS) is 10.3. The first kappa shape index (κ1) is 19.5. The van der Waals surface area contributed by atoms with Gasteiger partial charge in [-0.1, -0.05) is 29.8 Å². The van der Waals surface area contributed by atoms with Crippen LogP contribution in [0.5, 0.6) is 0 Å². The Labute approximate surface area is 155 Å². The van der Waals surface area contributed by atoms with E-state index in [9.17, 15) is 14.4 Å². The van der Waals surface area contributed by atoms with Crippen molar-refractivity contribution in [1.82, 2.24) is 20.4 Å². The quantitative estimate of drug-likeness (QED) is 0.772. The second-order valence-electron chi connectivity index (χ2n) is 5.50. The number of aryl methyl sites for hydroxylation is 1. The summed E-state index contributed by atoms with van der Waals surface area (Å²) in [4.78, 5) is 34.9.